The van der Waals surface area contributed by atoms with E-state index >= 15 is 0 Å². The molecule has 1 rings (SSSR count). The molecule has 7 nitrogen and oxygen atoms in total. The first-order valence-corrected chi connectivity index (χ1v) is 6.01. The summed E-state index contributed by atoms with van der Waals surface area (Å²) in [5.74, 6) is -1.61. The number of nitro benzene ring substituents is 1. The zero-order chi connectivity index (χ0) is 12.5. The fourth-order valence-corrected chi connectivity index (χ4v) is 2.39. The van der Waals surface area contributed by atoms with Crippen molar-refractivity contribution in [1.29, 1.82) is 0 Å². The van der Waals surface area contributed by atoms with Gasteiger partial charge in [0, 0.05) is 16.7 Å². The summed E-state index contributed by atoms with van der Waals surface area (Å²) in [6, 6.07) is 2.85. The summed E-state index contributed by atoms with van der Waals surface area (Å²) in [5.41, 5.74) is -1.60. The maximum absolute atomic E-state index is 11.1. The third kappa shape index (κ3) is 2.28. The third-order valence-corrected chi connectivity index (χ3v) is 3.04. The predicted molar refractivity (Wildman–Crippen MR) is 53.1 cm³/mol. The number of nitro groups is 1. The van der Waals surface area contributed by atoms with Crippen molar-refractivity contribution in [2.24, 2.45) is 0 Å². The summed E-state index contributed by atoms with van der Waals surface area (Å²) >= 11 is 0. The van der Waals surface area contributed by atoms with Crippen molar-refractivity contribution in [3.63, 3.8) is 0 Å². The van der Waals surface area contributed by atoms with Crippen molar-refractivity contribution in [2.45, 2.75) is 4.90 Å². The van der Waals surface area contributed by atoms with Gasteiger partial charge in [-0.15, -0.1) is 0 Å². The van der Waals surface area contributed by atoms with Gasteiger partial charge in [0.25, 0.3) is 14.7 Å². The van der Waals surface area contributed by atoms with Crippen LogP contribution in [0, 0.1) is 10.1 Å². The molecule has 0 aliphatic rings. The van der Waals surface area contributed by atoms with Crippen LogP contribution in [0.2, 0.25) is 0 Å². The summed E-state index contributed by atoms with van der Waals surface area (Å²) in [7, 11) is 0.457. The molecule has 0 saturated heterocycles. The maximum atomic E-state index is 11.1. The number of halogens is 1. The van der Waals surface area contributed by atoms with E-state index in [-0.39, 0.29) is 0 Å². The Kier molecular flexibility index (Phi) is 3.15. The quantitative estimate of drug-likeness (QED) is 0.499. The molecular formula is C7H4ClNO6S. The molecule has 0 radical (unpaired) electrons. The number of carbonyl (C=O) groups is 1. The molecule has 0 aromatic heterocycles. The highest BCUT2D eigenvalue weighted by Gasteiger charge is 2.30. The molecule has 0 unspecified atom stereocenters. The fraction of sp³-hybridized carbons (Fsp3) is 0. The fourth-order valence-electron chi connectivity index (χ4n) is 1.09. The van der Waals surface area contributed by atoms with Gasteiger partial charge < -0.3 is 5.11 Å². The Morgan fingerprint density at radius 3 is 2.38 bits per heavy atom. The van der Waals surface area contributed by atoms with E-state index in [1.165, 1.54) is 0 Å². The summed E-state index contributed by atoms with van der Waals surface area (Å²) in [6.45, 7) is 0. The number of benzene rings is 1. The van der Waals surface area contributed by atoms with Gasteiger partial charge in [-0.05, 0) is 6.07 Å². The monoisotopic (exact) mass is 265 g/mol. The van der Waals surface area contributed by atoms with E-state index in [0.29, 0.717) is 0 Å². The van der Waals surface area contributed by atoms with Gasteiger partial charge in [0.1, 0.15) is 0 Å². The molecule has 0 aliphatic heterocycles. The Morgan fingerprint density at radius 1 is 1.44 bits per heavy atom. The first kappa shape index (κ1) is 12.4. The number of aromatic carboxylic acids is 1. The molecule has 16 heavy (non-hydrogen) atoms. The minimum atomic E-state index is -4.50. The number of nitrogens with zero attached hydrogens (tertiary/aromatic N) is 1. The zero-order valence-corrected chi connectivity index (χ0v) is 9.03. The molecule has 0 aliphatic carbocycles. The zero-order valence-electron chi connectivity index (χ0n) is 7.45. The molecule has 0 atom stereocenters. The van der Waals surface area contributed by atoms with Gasteiger partial charge in [-0.1, -0.05) is 6.07 Å². The lowest BCUT2D eigenvalue weighted by Crippen LogP contribution is -2.08. The minimum absolute atomic E-state index is 0.732. The van der Waals surface area contributed by atoms with Crippen LogP contribution in [-0.4, -0.2) is 24.4 Å². The van der Waals surface area contributed by atoms with Crippen LogP contribution in [-0.2, 0) is 9.05 Å². The molecule has 0 amide bonds. The van der Waals surface area contributed by atoms with Crippen LogP contribution in [0.25, 0.3) is 0 Å². The van der Waals surface area contributed by atoms with Gasteiger partial charge in [0.2, 0.25) is 0 Å². The number of carboxylic acid groups (broad SMARTS) is 1. The van der Waals surface area contributed by atoms with Crippen LogP contribution >= 0.6 is 10.7 Å². The number of hydrogen-bond donors (Lipinski definition) is 1. The van der Waals surface area contributed by atoms with Crippen LogP contribution in [0.3, 0.4) is 0 Å². The Hall–Kier alpha value is -1.67. The molecule has 1 aromatic carbocycles. The van der Waals surface area contributed by atoms with Gasteiger partial charge in [0.15, 0.2) is 4.90 Å². The molecule has 0 fully saturated rings. The van der Waals surface area contributed by atoms with Crippen molar-refractivity contribution in [3.05, 3.63) is 33.9 Å². The largest absolute Gasteiger partial charge is 0.478 e. The molecule has 1 aromatic rings. The first-order chi connectivity index (χ1) is 7.25. The lowest BCUT2D eigenvalue weighted by Gasteiger charge is -2.02. The Labute approximate surface area is 93.8 Å². The first-order valence-electron chi connectivity index (χ1n) is 3.70. The number of carboxylic acids is 1. The summed E-state index contributed by atoms with van der Waals surface area (Å²) < 4.78 is 22.2. The highest BCUT2D eigenvalue weighted by Crippen LogP contribution is 2.30. The molecule has 86 valence electrons. The molecule has 0 bridgehead atoms. The number of rotatable bonds is 3. The maximum Gasteiger partial charge on any atom is 0.337 e. The highest BCUT2D eigenvalue weighted by molar-refractivity contribution is 8.14. The topological polar surface area (TPSA) is 115 Å². The van der Waals surface area contributed by atoms with Crippen LogP contribution < -0.4 is 0 Å². The van der Waals surface area contributed by atoms with Crippen LogP contribution in [0.5, 0.6) is 0 Å². The molecule has 0 heterocycles. The second kappa shape index (κ2) is 4.06. The second-order valence-electron chi connectivity index (χ2n) is 2.65. The van der Waals surface area contributed by atoms with Crippen molar-refractivity contribution in [2.75, 3.05) is 0 Å². The van der Waals surface area contributed by atoms with E-state index in [2.05, 4.69) is 0 Å². The van der Waals surface area contributed by atoms with E-state index in [9.17, 15) is 23.3 Å². The normalized spacial score (nSPS) is 11.1. The Balaban J connectivity index is 3.75. The SMILES string of the molecule is O=C(O)c1cccc([N+](=O)[O-])c1S(=O)(=O)Cl. The van der Waals surface area contributed by atoms with Crippen molar-refractivity contribution < 1.29 is 23.2 Å². The number of hydrogen-bond acceptors (Lipinski definition) is 5. The van der Waals surface area contributed by atoms with E-state index in [1.807, 2.05) is 0 Å². The van der Waals surface area contributed by atoms with Crippen LogP contribution in [0.1, 0.15) is 10.4 Å². The molecule has 9 heteroatoms. The van der Waals surface area contributed by atoms with Crippen LogP contribution in [0.4, 0.5) is 5.69 Å². The molecule has 0 spiro atoms. The highest BCUT2D eigenvalue weighted by atomic mass is 35.7. The van der Waals surface area contributed by atoms with Crippen molar-refractivity contribution in [1.82, 2.24) is 0 Å². The van der Waals surface area contributed by atoms with E-state index in [4.69, 9.17) is 15.8 Å². The Bertz CT molecular complexity index is 534. The van der Waals surface area contributed by atoms with E-state index in [0.717, 1.165) is 18.2 Å². The molecular weight excluding hydrogens is 262 g/mol. The van der Waals surface area contributed by atoms with Gasteiger partial charge in [0.05, 0.1) is 10.5 Å². The van der Waals surface area contributed by atoms with Gasteiger partial charge in [-0.2, -0.15) is 0 Å². The van der Waals surface area contributed by atoms with Crippen LogP contribution in [0.15, 0.2) is 23.1 Å². The lowest BCUT2D eigenvalue weighted by atomic mass is 10.2. The Morgan fingerprint density at radius 2 is 2.00 bits per heavy atom. The molecule has 0 saturated carbocycles. The van der Waals surface area contributed by atoms with Gasteiger partial charge >= 0.3 is 5.97 Å². The summed E-state index contributed by atoms with van der Waals surface area (Å²) in [4.78, 5) is 19.2. The standard InChI is InChI=1S/C7H4ClNO6S/c8-16(14,15)6-4(7(10)11)2-1-3-5(6)9(12)13/h1-3H,(H,10,11). The molecule has 1 N–H and O–H groups in total. The van der Waals surface area contributed by atoms with Crippen molar-refractivity contribution >= 4 is 31.4 Å². The summed E-state index contributed by atoms with van der Waals surface area (Å²) in [6.07, 6.45) is 0. The third-order valence-electron chi connectivity index (χ3n) is 1.67. The smallest absolute Gasteiger partial charge is 0.337 e. The van der Waals surface area contributed by atoms with E-state index in [1.54, 1.807) is 0 Å². The second-order valence-corrected chi connectivity index (χ2v) is 5.16. The average Bonchev–Trinajstić information content (AvgIpc) is 2.15. The van der Waals surface area contributed by atoms with Gasteiger partial charge in [-0.25, -0.2) is 13.2 Å². The summed E-state index contributed by atoms with van der Waals surface area (Å²) in [5, 5.41) is 19.2. The van der Waals surface area contributed by atoms with Gasteiger partial charge in [-0.3, -0.25) is 10.1 Å². The average molecular weight is 266 g/mol. The predicted octanol–water partition coefficient (Wildman–Crippen LogP) is 1.22. The van der Waals surface area contributed by atoms with Crippen molar-refractivity contribution in [3.8, 4) is 0 Å². The van der Waals surface area contributed by atoms with E-state index < -0.39 is 36.1 Å². The minimum Gasteiger partial charge on any atom is -0.478 e. The lowest BCUT2D eigenvalue weighted by molar-refractivity contribution is -0.387.